The molecular weight excluding hydrogens is 210 g/mol. The van der Waals surface area contributed by atoms with Crippen LogP contribution in [0.1, 0.15) is 31.9 Å². The number of hydrogen-bond donors (Lipinski definition) is 1. The van der Waals surface area contributed by atoms with Gasteiger partial charge in [0, 0.05) is 12.6 Å². The van der Waals surface area contributed by atoms with Gasteiger partial charge < -0.3 is 10.1 Å². The number of rotatable bonds is 8. The summed E-state index contributed by atoms with van der Waals surface area (Å²) in [6.45, 7) is 8.94. The molecule has 96 valence electrons. The van der Waals surface area contributed by atoms with Crippen LogP contribution in [0.4, 0.5) is 0 Å². The normalized spacial score (nSPS) is 12.6. The topological polar surface area (TPSA) is 21.3 Å². The fourth-order valence-electron chi connectivity index (χ4n) is 1.93. The zero-order valence-electron chi connectivity index (χ0n) is 11.3. The lowest BCUT2D eigenvalue weighted by Gasteiger charge is -2.17. The Morgan fingerprint density at radius 2 is 1.71 bits per heavy atom. The maximum Gasteiger partial charge on any atom is 0.0622 e. The predicted molar refractivity (Wildman–Crippen MR) is 73.5 cm³/mol. The zero-order chi connectivity index (χ0) is 12.5. The third-order valence-electron chi connectivity index (χ3n) is 2.93. The molecule has 0 fully saturated rings. The molecule has 0 heterocycles. The lowest BCUT2D eigenvalue weighted by atomic mass is 10.0. The van der Waals surface area contributed by atoms with Crippen LogP contribution in [0.15, 0.2) is 24.3 Å². The van der Waals surface area contributed by atoms with Crippen molar-refractivity contribution in [3.05, 3.63) is 35.4 Å². The summed E-state index contributed by atoms with van der Waals surface area (Å²) in [5.74, 6) is 0. The highest BCUT2D eigenvalue weighted by Crippen LogP contribution is 2.08. The highest BCUT2D eigenvalue weighted by Gasteiger charge is 2.08. The minimum absolute atomic E-state index is 0.424. The smallest absolute Gasteiger partial charge is 0.0622 e. The molecule has 1 aromatic carbocycles. The number of nitrogens with one attached hydrogen (secondary N) is 1. The van der Waals surface area contributed by atoms with Gasteiger partial charge >= 0.3 is 0 Å². The second-order valence-electron chi connectivity index (χ2n) is 4.29. The molecule has 0 radical (unpaired) electrons. The standard InChI is InChI=1S/C15H25NO/c1-4-13-7-9-14(10-8-13)11-15(16-5-2)12-17-6-3/h7-10,15-16H,4-6,11-12H2,1-3H3. The zero-order valence-corrected chi connectivity index (χ0v) is 11.3. The van der Waals surface area contributed by atoms with Crippen LogP contribution in [-0.2, 0) is 17.6 Å². The Labute approximate surface area is 105 Å². The Kier molecular flexibility index (Phi) is 6.90. The lowest BCUT2D eigenvalue weighted by molar-refractivity contribution is 0.123. The van der Waals surface area contributed by atoms with E-state index >= 15 is 0 Å². The minimum Gasteiger partial charge on any atom is -0.380 e. The van der Waals surface area contributed by atoms with Gasteiger partial charge in [-0.3, -0.25) is 0 Å². The van der Waals surface area contributed by atoms with E-state index in [4.69, 9.17) is 4.74 Å². The van der Waals surface area contributed by atoms with Crippen LogP contribution >= 0.6 is 0 Å². The summed E-state index contributed by atoms with van der Waals surface area (Å²) in [4.78, 5) is 0. The van der Waals surface area contributed by atoms with Crippen molar-refractivity contribution < 1.29 is 4.74 Å². The van der Waals surface area contributed by atoms with Gasteiger partial charge in [-0.2, -0.15) is 0 Å². The Morgan fingerprint density at radius 1 is 1.06 bits per heavy atom. The molecule has 0 aliphatic heterocycles. The van der Waals surface area contributed by atoms with Crippen LogP contribution in [0.5, 0.6) is 0 Å². The molecule has 1 N–H and O–H groups in total. The molecule has 0 saturated heterocycles. The summed E-state index contributed by atoms with van der Waals surface area (Å²) in [6, 6.07) is 9.33. The number of hydrogen-bond acceptors (Lipinski definition) is 2. The molecule has 0 amide bonds. The average molecular weight is 235 g/mol. The van der Waals surface area contributed by atoms with E-state index in [-0.39, 0.29) is 0 Å². The SMILES string of the molecule is CCNC(COCC)Cc1ccc(CC)cc1. The Bertz CT molecular complexity index is 294. The predicted octanol–water partition coefficient (Wildman–Crippen LogP) is 2.81. The van der Waals surface area contributed by atoms with Crippen molar-refractivity contribution in [3.63, 3.8) is 0 Å². The molecule has 0 spiro atoms. The van der Waals surface area contributed by atoms with Gasteiger partial charge in [0.1, 0.15) is 0 Å². The van der Waals surface area contributed by atoms with Crippen molar-refractivity contribution in [1.82, 2.24) is 5.32 Å². The molecule has 0 aromatic heterocycles. The molecule has 2 nitrogen and oxygen atoms in total. The van der Waals surface area contributed by atoms with E-state index in [9.17, 15) is 0 Å². The molecule has 0 saturated carbocycles. The van der Waals surface area contributed by atoms with Gasteiger partial charge in [0.15, 0.2) is 0 Å². The Balaban J connectivity index is 2.51. The molecule has 1 aromatic rings. The highest BCUT2D eigenvalue weighted by molar-refractivity contribution is 5.23. The van der Waals surface area contributed by atoms with E-state index in [1.165, 1.54) is 11.1 Å². The first-order valence-electron chi connectivity index (χ1n) is 6.69. The number of ether oxygens (including phenoxy) is 1. The van der Waals surface area contributed by atoms with Gasteiger partial charge in [0.2, 0.25) is 0 Å². The second-order valence-corrected chi connectivity index (χ2v) is 4.29. The summed E-state index contributed by atoms with van der Waals surface area (Å²) in [5, 5.41) is 3.47. The first-order chi connectivity index (χ1) is 8.30. The van der Waals surface area contributed by atoms with E-state index in [0.717, 1.165) is 32.6 Å². The van der Waals surface area contributed by atoms with Gasteiger partial charge in [-0.25, -0.2) is 0 Å². The van der Waals surface area contributed by atoms with E-state index in [1.54, 1.807) is 0 Å². The van der Waals surface area contributed by atoms with Crippen LogP contribution in [0.25, 0.3) is 0 Å². The van der Waals surface area contributed by atoms with Gasteiger partial charge in [0.25, 0.3) is 0 Å². The fourth-order valence-corrected chi connectivity index (χ4v) is 1.93. The molecule has 0 bridgehead atoms. The molecule has 1 rings (SSSR count). The quantitative estimate of drug-likeness (QED) is 0.748. The summed E-state index contributed by atoms with van der Waals surface area (Å²) in [6.07, 6.45) is 2.15. The summed E-state index contributed by atoms with van der Waals surface area (Å²) < 4.78 is 5.50. The van der Waals surface area contributed by atoms with E-state index in [1.807, 2.05) is 6.92 Å². The first-order valence-corrected chi connectivity index (χ1v) is 6.69. The van der Waals surface area contributed by atoms with Gasteiger partial charge in [-0.1, -0.05) is 38.1 Å². The van der Waals surface area contributed by atoms with Crippen LogP contribution < -0.4 is 5.32 Å². The van der Waals surface area contributed by atoms with Crippen LogP contribution in [-0.4, -0.2) is 25.8 Å². The van der Waals surface area contributed by atoms with Crippen molar-refractivity contribution in [2.45, 2.75) is 39.7 Å². The van der Waals surface area contributed by atoms with Gasteiger partial charge in [-0.05, 0) is 37.4 Å². The number of aryl methyl sites for hydroxylation is 1. The molecule has 2 heteroatoms. The number of likely N-dealkylation sites (N-methyl/N-ethyl adjacent to an activating group) is 1. The molecule has 17 heavy (non-hydrogen) atoms. The Hall–Kier alpha value is -0.860. The third kappa shape index (κ3) is 5.33. The molecule has 0 aliphatic rings. The van der Waals surface area contributed by atoms with Crippen molar-refractivity contribution in [2.75, 3.05) is 19.8 Å². The summed E-state index contributed by atoms with van der Waals surface area (Å²) in [7, 11) is 0. The third-order valence-corrected chi connectivity index (χ3v) is 2.93. The van der Waals surface area contributed by atoms with Crippen molar-refractivity contribution in [2.24, 2.45) is 0 Å². The van der Waals surface area contributed by atoms with Crippen LogP contribution in [0.2, 0.25) is 0 Å². The van der Waals surface area contributed by atoms with Gasteiger partial charge in [0.05, 0.1) is 6.61 Å². The Morgan fingerprint density at radius 3 is 2.24 bits per heavy atom. The second kappa shape index (κ2) is 8.26. The first kappa shape index (κ1) is 14.2. The van der Waals surface area contributed by atoms with Crippen molar-refractivity contribution >= 4 is 0 Å². The molecule has 1 atom stereocenters. The largest absolute Gasteiger partial charge is 0.380 e. The maximum absolute atomic E-state index is 5.50. The monoisotopic (exact) mass is 235 g/mol. The highest BCUT2D eigenvalue weighted by atomic mass is 16.5. The minimum atomic E-state index is 0.424. The van der Waals surface area contributed by atoms with Crippen LogP contribution in [0.3, 0.4) is 0 Å². The molecule has 0 aliphatic carbocycles. The lowest BCUT2D eigenvalue weighted by Crippen LogP contribution is -2.35. The molecular formula is C15H25NO. The van der Waals surface area contributed by atoms with E-state index < -0.39 is 0 Å². The van der Waals surface area contributed by atoms with E-state index in [2.05, 4.69) is 43.4 Å². The number of benzene rings is 1. The fraction of sp³-hybridized carbons (Fsp3) is 0.600. The van der Waals surface area contributed by atoms with Crippen LogP contribution in [0, 0.1) is 0 Å². The van der Waals surface area contributed by atoms with Gasteiger partial charge in [-0.15, -0.1) is 0 Å². The maximum atomic E-state index is 5.50. The molecule has 1 unspecified atom stereocenters. The average Bonchev–Trinajstić information content (AvgIpc) is 2.37. The van der Waals surface area contributed by atoms with Crippen molar-refractivity contribution in [3.8, 4) is 0 Å². The van der Waals surface area contributed by atoms with Crippen molar-refractivity contribution in [1.29, 1.82) is 0 Å². The summed E-state index contributed by atoms with van der Waals surface area (Å²) >= 11 is 0. The summed E-state index contributed by atoms with van der Waals surface area (Å²) in [5.41, 5.74) is 2.78. The van der Waals surface area contributed by atoms with E-state index in [0.29, 0.717) is 6.04 Å².